The van der Waals surface area contributed by atoms with Gasteiger partial charge in [-0.1, -0.05) is 6.07 Å². The van der Waals surface area contributed by atoms with Crippen LogP contribution in [0.3, 0.4) is 0 Å². The first-order chi connectivity index (χ1) is 14.9. The predicted molar refractivity (Wildman–Crippen MR) is 111 cm³/mol. The molecule has 1 saturated heterocycles. The molecule has 8 nitrogen and oxygen atoms in total. The van der Waals surface area contributed by atoms with Crippen LogP contribution in [0.2, 0.25) is 0 Å². The first kappa shape index (κ1) is 21.0. The quantitative estimate of drug-likeness (QED) is 0.730. The molecule has 0 spiro atoms. The molecule has 1 aliphatic heterocycles. The molecule has 2 aromatic rings. The van der Waals surface area contributed by atoms with Crippen LogP contribution in [-0.2, 0) is 11.2 Å². The third kappa shape index (κ3) is 4.30. The van der Waals surface area contributed by atoms with Crippen molar-refractivity contribution in [3.63, 3.8) is 0 Å². The first-order valence-corrected chi connectivity index (χ1v) is 10.4. The van der Waals surface area contributed by atoms with E-state index in [9.17, 15) is 19.2 Å². The minimum Gasteiger partial charge on any atom is -0.345 e. The van der Waals surface area contributed by atoms with Crippen molar-refractivity contribution >= 4 is 11.8 Å². The maximum atomic E-state index is 14.7. The van der Waals surface area contributed by atoms with Gasteiger partial charge in [0.05, 0.1) is 29.6 Å². The molecule has 31 heavy (non-hydrogen) atoms. The fraction of sp³-hybridized carbons (Fsp3) is 0.455. The number of nitriles is 1. The molecular weight excluding hydrogens is 399 g/mol. The zero-order chi connectivity index (χ0) is 22.1. The third-order valence-electron chi connectivity index (χ3n) is 6.08. The monoisotopic (exact) mass is 424 g/mol. The summed E-state index contributed by atoms with van der Waals surface area (Å²) in [6, 6.07) is 5.92. The van der Waals surface area contributed by atoms with E-state index in [4.69, 9.17) is 0 Å². The summed E-state index contributed by atoms with van der Waals surface area (Å²) in [5.41, 5.74) is 1.19. The van der Waals surface area contributed by atoms with Crippen LogP contribution in [0.15, 0.2) is 30.6 Å². The van der Waals surface area contributed by atoms with Crippen molar-refractivity contribution in [1.29, 1.82) is 5.26 Å². The van der Waals surface area contributed by atoms with Crippen molar-refractivity contribution in [3.8, 4) is 11.8 Å². The van der Waals surface area contributed by atoms with Gasteiger partial charge in [0.15, 0.2) is 0 Å². The van der Waals surface area contributed by atoms with E-state index in [1.807, 2.05) is 0 Å². The highest BCUT2D eigenvalue weighted by atomic mass is 19.1. The second kappa shape index (κ2) is 8.47. The molecule has 2 aliphatic rings. The minimum absolute atomic E-state index is 0.0681. The highest BCUT2D eigenvalue weighted by Gasteiger charge is 2.43. The number of nitrogens with one attached hydrogen (secondary N) is 2. The van der Waals surface area contributed by atoms with Gasteiger partial charge in [-0.15, -0.1) is 0 Å². The Morgan fingerprint density at radius 3 is 2.84 bits per heavy atom. The lowest BCUT2D eigenvalue weighted by molar-refractivity contribution is -0.124. The molecule has 9 heteroatoms. The van der Waals surface area contributed by atoms with E-state index >= 15 is 0 Å². The summed E-state index contributed by atoms with van der Waals surface area (Å²) in [4.78, 5) is 26.0. The SMILES string of the molecule is CN(C)C(=O)c1cnn(-c2ccc(C[C@@H](C#N)NC(=O)C3NC4CCC3C4)c(F)c2)c1. The number of aromatic nitrogens is 2. The van der Waals surface area contributed by atoms with E-state index in [-0.39, 0.29) is 24.3 Å². The van der Waals surface area contributed by atoms with Crippen LogP contribution in [0.5, 0.6) is 0 Å². The van der Waals surface area contributed by atoms with Crippen LogP contribution in [-0.4, -0.2) is 58.7 Å². The molecular formula is C22H25FN6O2. The fourth-order valence-electron chi connectivity index (χ4n) is 4.44. The Kier molecular flexibility index (Phi) is 5.74. The summed E-state index contributed by atoms with van der Waals surface area (Å²) in [6.45, 7) is 0. The second-order valence-electron chi connectivity index (χ2n) is 8.46. The Morgan fingerprint density at radius 2 is 2.23 bits per heavy atom. The average Bonchev–Trinajstić information content (AvgIpc) is 3.50. The van der Waals surface area contributed by atoms with Crippen molar-refractivity contribution in [3.05, 3.63) is 47.5 Å². The van der Waals surface area contributed by atoms with Crippen LogP contribution < -0.4 is 10.6 Å². The van der Waals surface area contributed by atoms with Crippen LogP contribution >= 0.6 is 0 Å². The minimum atomic E-state index is -0.817. The van der Waals surface area contributed by atoms with Gasteiger partial charge in [0, 0.05) is 32.8 Å². The molecule has 1 aromatic heterocycles. The summed E-state index contributed by atoms with van der Waals surface area (Å²) in [7, 11) is 3.29. The molecule has 1 aromatic carbocycles. The molecule has 4 atom stereocenters. The number of hydrogen-bond donors (Lipinski definition) is 2. The summed E-state index contributed by atoms with van der Waals surface area (Å²) in [5, 5.41) is 19.7. The highest BCUT2D eigenvalue weighted by Crippen LogP contribution is 2.35. The molecule has 1 saturated carbocycles. The third-order valence-corrected chi connectivity index (χ3v) is 6.08. The lowest BCUT2D eigenvalue weighted by Crippen LogP contribution is -2.50. The predicted octanol–water partition coefficient (Wildman–Crippen LogP) is 1.40. The Balaban J connectivity index is 1.42. The molecule has 2 amide bonds. The van der Waals surface area contributed by atoms with Gasteiger partial charge in [0.2, 0.25) is 5.91 Å². The summed E-state index contributed by atoms with van der Waals surface area (Å²) < 4.78 is 16.2. The Labute approximate surface area is 180 Å². The zero-order valence-electron chi connectivity index (χ0n) is 17.5. The van der Waals surface area contributed by atoms with E-state index in [1.165, 1.54) is 28.0 Å². The van der Waals surface area contributed by atoms with E-state index in [1.54, 1.807) is 26.2 Å². The Hall–Kier alpha value is -3.25. The van der Waals surface area contributed by atoms with E-state index in [0.29, 0.717) is 28.8 Å². The highest BCUT2D eigenvalue weighted by molar-refractivity contribution is 5.93. The zero-order valence-corrected chi connectivity index (χ0v) is 17.5. The van der Waals surface area contributed by atoms with Gasteiger partial charge in [-0.3, -0.25) is 9.59 Å². The van der Waals surface area contributed by atoms with Crippen LogP contribution in [0, 0.1) is 23.1 Å². The van der Waals surface area contributed by atoms with Crippen molar-refractivity contribution in [2.45, 2.75) is 43.8 Å². The van der Waals surface area contributed by atoms with Gasteiger partial charge in [-0.25, -0.2) is 9.07 Å². The van der Waals surface area contributed by atoms with Gasteiger partial charge in [0.25, 0.3) is 5.91 Å². The van der Waals surface area contributed by atoms with Crippen LogP contribution in [0.4, 0.5) is 4.39 Å². The Bertz CT molecular complexity index is 1040. The Morgan fingerprint density at radius 1 is 1.42 bits per heavy atom. The van der Waals surface area contributed by atoms with Crippen molar-refractivity contribution in [2.24, 2.45) is 5.92 Å². The maximum absolute atomic E-state index is 14.7. The van der Waals surface area contributed by atoms with E-state index in [2.05, 4.69) is 21.8 Å². The molecule has 1 aliphatic carbocycles. The number of fused-ring (bicyclic) bond motifs is 2. The summed E-state index contributed by atoms with van der Waals surface area (Å²) >= 11 is 0. The van der Waals surface area contributed by atoms with Gasteiger partial charge in [0.1, 0.15) is 11.9 Å². The van der Waals surface area contributed by atoms with Crippen molar-refractivity contribution in [1.82, 2.24) is 25.3 Å². The van der Waals surface area contributed by atoms with Gasteiger partial charge < -0.3 is 15.5 Å². The smallest absolute Gasteiger partial charge is 0.256 e. The number of amides is 2. The van der Waals surface area contributed by atoms with Crippen molar-refractivity contribution < 1.29 is 14.0 Å². The largest absolute Gasteiger partial charge is 0.345 e. The van der Waals surface area contributed by atoms with E-state index in [0.717, 1.165) is 19.3 Å². The lowest BCUT2D eigenvalue weighted by atomic mass is 9.98. The average molecular weight is 424 g/mol. The standard InChI is InChI=1S/C22H25FN6O2/c1-28(2)22(31)15-11-25-29(12-15)18-6-4-13(19(23)9-18)7-17(10-24)27-21(30)20-14-3-5-16(8-14)26-20/h4,6,9,11-12,14,16-17,20,26H,3,5,7-8H2,1-2H3,(H,27,30)/t14?,16?,17-,20?/m0/s1. The summed E-state index contributed by atoms with van der Waals surface area (Å²) in [5.74, 6) is -0.564. The number of carbonyl (C=O) groups is 2. The van der Waals surface area contributed by atoms with Crippen LogP contribution in [0.25, 0.3) is 5.69 Å². The molecule has 162 valence electrons. The number of nitrogens with zero attached hydrogens (tertiary/aromatic N) is 4. The number of piperidine rings is 1. The lowest BCUT2D eigenvalue weighted by Gasteiger charge is -2.23. The fourth-order valence-corrected chi connectivity index (χ4v) is 4.44. The molecule has 4 rings (SSSR count). The number of halogens is 1. The second-order valence-corrected chi connectivity index (χ2v) is 8.46. The molecule has 2 N–H and O–H groups in total. The molecule has 2 bridgehead atoms. The number of carbonyl (C=O) groups excluding carboxylic acids is 2. The number of rotatable bonds is 6. The van der Waals surface area contributed by atoms with Gasteiger partial charge >= 0.3 is 0 Å². The normalized spacial score (nSPS) is 22.7. The number of benzene rings is 1. The number of hydrogen-bond acceptors (Lipinski definition) is 5. The van der Waals surface area contributed by atoms with Crippen molar-refractivity contribution in [2.75, 3.05) is 14.1 Å². The van der Waals surface area contributed by atoms with Gasteiger partial charge in [-0.2, -0.15) is 10.4 Å². The summed E-state index contributed by atoms with van der Waals surface area (Å²) in [6.07, 6.45) is 6.16. The molecule has 2 heterocycles. The van der Waals surface area contributed by atoms with E-state index < -0.39 is 11.9 Å². The van der Waals surface area contributed by atoms with Crippen LogP contribution in [0.1, 0.15) is 35.2 Å². The molecule has 3 unspecified atom stereocenters. The topological polar surface area (TPSA) is 103 Å². The first-order valence-electron chi connectivity index (χ1n) is 10.4. The van der Waals surface area contributed by atoms with Gasteiger partial charge in [-0.05, 0) is 42.9 Å². The maximum Gasteiger partial charge on any atom is 0.256 e. The molecule has 2 fully saturated rings. The molecule has 0 radical (unpaired) electrons.